The quantitative estimate of drug-likeness (QED) is 0.645. The highest BCUT2D eigenvalue weighted by molar-refractivity contribution is 5.79. The molecule has 110 valence electrons. The second-order valence-corrected chi connectivity index (χ2v) is 5.63. The van der Waals surface area contributed by atoms with Gasteiger partial charge in [0.25, 0.3) is 0 Å². The topological polar surface area (TPSA) is 78.4 Å². The van der Waals surface area contributed by atoms with Crippen molar-refractivity contribution in [3.63, 3.8) is 0 Å². The first-order valence-electron chi connectivity index (χ1n) is 7.18. The second kappa shape index (κ2) is 7.48. The summed E-state index contributed by atoms with van der Waals surface area (Å²) in [5.74, 6) is -0.0211. The molecule has 5 nitrogen and oxygen atoms in total. The van der Waals surface area contributed by atoms with Crippen LogP contribution >= 0.6 is 0 Å². The summed E-state index contributed by atoms with van der Waals surface area (Å²) in [4.78, 5) is 23.1. The monoisotopic (exact) mass is 270 g/mol. The highest BCUT2D eigenvalue weighted by atomic mass is 16.3. The molecule has 0 heterocycles. The zero-order valence-corrected chi connectivity index (χ0v) is 12.0. The van der Waals surface area contributed by atoms with Crippen LogP contribution < -0.4 is 10.6 Å². The lowest BCUT2D eigenvalue weighted by Crippen LogP contribution is -2.44. The van der Waals surface area contributed by atoms with E-state index in [0.29, 0.717) is 25.8 Å². The largest absolute Gasteiger partial charge is 0.396 e. The molecule has 0 aliphatic heterocycles. The van der Waals surface area contributed by atoms with E-state index in [1.807, 2.05) is 13.8 Å². The summed E-state index contributed by atoms with van der Waals surface area (Å²) >= 11 is 0. The molecule has 0 spiro atoms. The minimum absolute atomic E-state index is 0.00337. The molecule has 3 N–H and O–H groups in total. The van der Waals surface area contributed by atoms with Gasteiger partial charge in [-0.05, 0) is 26.2 Å². The predicted molar refractivity (Wildman–Crippen MR) is 73.5 cm³/mol. The summed E-state index contributed by atoms with van der Waals surface area (Å²) in [6, 6.07) is 0.0643. The van der Waals surface area contributed by atoms with E-state index >= 15 is 0 Å². The molecule has 0 radical (unpaired) electrons. The summed E-state index contributed by atoms with van der Waals surface area (Å²) in [6.45, 7) is 4.62. The lowest BCUT2D eigenvalue weighted by molar-refractivity contribution is -0.123. The highest BCUT2D eigenvalue weighted by Crippen LogP contribution is 2.37. The molecule has 0 aromatic rings. The van der Waals surface area contributed by atoms with E-state index in [0.717, 1.165) is 19.3 Å². The number of carbonyl (C=O) groups excluding carboxylic acids is 2. The van der Waals surface area contributed by atoms with E-state index in [9.17, 15) is 14.7 Å². The van der Waals surface area contributed by atoms with E-state index < -0.39 is 0 Å². The van der Waals surface area contributed by atoms with E-state index in [2.05, 4.69) is 10.6 Å². The van der Waals surface area contributed by atoms with Crippen molar-refractivity contribution in [2.24, 2.45) is 5.41 Å². The summed E-state index contributed by atoms with van der Waals surface area (Å²) in [5, 5.41) is 15.1. The second-order valence-electron chi connectivity index (χ2n) is 5.63. The van der Waals surface area contributed by atoms with Crippen LogP contribution in [-0.4, -0.2) is 36.1 Å². The molecule has 1 fully saturated rings. The zero-order chi connectivity index (χ0) is 14.3. The molecule has 0 bridgehead atoms. The number of aliphatic hydroxyl groups is 1. The smallest absolute Gasteiger partial charge is 0.220 e. The van der Waals surface area contributed by atoms with Crippen LogP contribution in [0.15, 0.2) is 0 Å². The number of hydrogen-bond donors (Lipinski definition) is 3. The minimum atomic E-state index is -0.185. The van der Waals surface area contributed by atoms with Gasteiger partial charge in [0.1, 0.15) is 0 Å². The Morgan fingerprint density at radius 1 is 1.32 bits per heavy atom. The number of aliphatic hydroxyl groups excluding tert-OH is 1. The Kier molecular flexibility index (Phi) is 6.28. The Balaban J connectivity index is 2.26. The SMILES string of the molecule is CCNC(=O)CCCC(=O)NC1CCCC1(C)CO. The summed E-state index contributed by atoms with van der Waals surface area (Å²) in [6.07, 6.45) is 4.26. The minimum Gasteiger partial charge on any atom is -0.396 e. The molecule has 2 atom stereocenters. The average Bonchev–Trinajstić information content (AvgIpc) is 2.72. The zero-order valence-electron chi connectivity index (χ0n) is 12.0. The van der Waals surface area contributed by atoms with Gasteiger partial charge in [-0.25, -0.2) is 0 Å². The normalized spacial score (nSPS) is 26.2. The van der Waals surface area contributed by atoms with Crippen LogP contribution in [0.1, 0.15) is 52.4 Å². The van der Waals surface area contributed by atoms with Crippen LogP contribution in [0.2, 0.25) is 0 Å². The van der Waals surface area contributed by atoms with Gasteiger partial charge in [-0.2, -0.15) is 0 Å². The molecule has 0 aromatic heterocycles. The molecule has 1 aliphatic carbocycles. The Hall–Kier alpha value is -1.10. The van der Waals surface area contributed by atoms with Crippen molar-refractivity contribution in [1.29, 1.82) is 0 Å². The van der Waals surface area contributed by atoms with Crippen LogP contribution in [0.25, 0.3) is 0 Å². The summed E-state index contributed by atoms with van der Waals surface area (Å²) < 4.78 is 0. The van der Waals surface area contributed by atoms with Gasteiger partial charge in [0, 0.05) is 30.8 Å². The molecule has 1 rings (SSSR count). The van der Waals surface area contributed by atoms with E-state index in [1.165, 1.54) is 0 Å². The van der Waals surface area contributed by atoms with Gasteiger partial charge in [-0.1, -0.05) is 13.3 Å². The third-order valence-electron chi connectivity index (χ3n) is 3.96. The van der Waals surface area contributed by atoms with Crippen LogP contribution in [0.5, 0.6) is 0 Å². The first kappa shape index (κ1) is 16.0. The Morgan fingerprint density at radius 2 is 2.00 bits per heavy atom. The van der Waals surface area contributed by atoms with Crippen molar-refractivity contribution in [3.8, 4) is 0 Å². The highest BCUT2D eigenvalue weighted by Gasteiger charge is 2.38. The molecule has 1 saturated carbocycles. The van der Waals surface area contributed by atoms with Gasteiger partial charge in [-0.3, -0.25) is 9.59 Å². The van der Waals surface area contributed by atoms with Gasteiger partial charge in [0.2, 0.25) is 11.8 Å². The molecular formula is C14H26N2O3. The molecule has 19 heavy (non-hydrogen) atoms. The third-order valence-corrected chi connectivity index (χ3v) is 3.96. The molecule has 2 unspecified atom stereocenters. The molecule has 0 saturated heterocycles. The van der Waals surface area contributed by atoms with Gasteiger partial charge in [-0.15, -0.1) is 0 Å². The maximum Gasteiger partial charge on any atom is 0.220 e. The number of hydrogen-bond acceptors (Lipinski definition) is 3. The van der Waals surface area contributed by atoms with Gasteiger partial charge < -0.3 is 15.7 Å². The van der Waals surface area contributed by atoms with Crippen molar-refractivity contribution in [2.75, 3.05) is 13.2 Å². The first-order valence-corrected chi connectivity index (χ1v) is 7.18. The van der Waals surface area contributed by atoms with Crippen LogP contribution in [0, 0.1) is 5.41 Å². The van der Waals surface area contributed by atoms with E-state index in [4.69, 9.17) is 0 Å². The molecule has 2 amide bonds. The van der Waals surface area contributed by atoms with Crippen molar-refractivity contribution < 1.29 is 14.7 Å². The molecular weight excluding hydrogens is 244 g/mol. The van der Waals surface area contributed by atoms with Crippen LogP contribution in [-0.2, 0) is 9.59 Å². The third kappa shape index (κ3) is 4.82. The first-order chi connectivity index (χ1) is 9.01. The molecule has 5 heteroatoms. The maximum absolute atomic E-state index is 11.8. The van der Waals surface area contributed by atoms with Gasteiger partial charge in [0.05, 0.1) is 6.61 Å². The Bertz CT molecular complexity index is 320. The number of amides is 2. The van der Waals surface area contributed by atoms with Crippen molar-refractivity contribution in [1.82, 2.24) is 10.6 Å². The van der Waals surface area contributed by atoms with Crippen LogP contribution in [0.3, 0.4) is 0 Å². The molecule has 0 aromatic carbocycles. The number of rotatable bonds is 7. The van der Waals surface area contributed by atoms with E-state index in [1.54, 1.807) is 0 Å². The van der Waals surface area contributed by atoms with Crippen molar-refractivity contribution in [2.45, 2.75) is 58.4 Å². The fourth-order valence-corrected chi connectivity index (χ4v) is 2.63. The standard InChI is InChI=1S/C14H26N2O3/c1-3-15-12(18)7-4-8-13(19)16-11-6-5-9-14(11,2)10-17/h11,17H,3-10H2,1-2H3,(H,15,18)(H,16,19). The van der Waals surface area contributed by atoms with Gasteiger partial charge in [0.15, 0.2) is 0 Å². The number of carbonyl (C=O) groups is 2. The fourth-order valence-electron chi connectivity index (χ4n) is 2.63. The summed E-state index contributed by atoms with van der Waals surface area (Å²) in [7, 11) is 0. The predicted octanol–water partition coefficient (Wildman–Crippen LogP) is 0.960. The Morgan fingerprint density at radius 3 is 2.63 bits per heavy atom. The lowest BCUT2D eigenvalue weighted by Gasteiger charge is -2.30. The molecule has 1 aliphatic rings. The summed E-state index contributed by atoms with van der Waals surface area (Å²) in [5.41, 5.74) is -0.185. The van der Waals surface area contributed by atoms with Crippen LogP contribution in [0.4, 0.5) is 0 Å². The van der Waals surface area contributed by atoms with Gasteiger partial charge >= 0.3 is 0 Å². The van der Waals surface area contributed by atoms with E-state index in [-0.39, 0.29) is 29.9 Å². The number of nitrogens with one attached hydrogen (secondary N) is 2. The Labute approximate surface area is 115 Å². The van der Waals surface area contributed by atoms with Crippen molar-refractivity contribution >= 4 is 11.8 Å². The lowest BCUT2D eigenvalue weighted by atomic mass is 9.85. The maximum atomic E-state index is 11.8. The average molecular weight is 270 g/mol. The van der Waals surface area contributed by atoms with Crippen molar-refractivity contribution in [3.05, 3.63) is 0 Å². The fraction of sp³-hybridized carbons (Fsp3) is 0.857.